The molecule has 0 bridgehead atoms. The van der Waals surface area contributed by atoms with E-state index in [1.54, 1.807) is 11.8 Å². The first-order valence-electron chi connectivity index (χ1n) is 9.51. The Labute approximate surface area is 164 Å². The van der Waals surface area contributed by atoms with Gasteiger partial charge in [-0.3, -0.25) is 4.79 Å². The lowest BCUT2D eigenvalue weighted by molar-refractivity contribution is -0.129. The molecule has 0 aliphatic carbocycles. The van der Waals surface area contributed by atoms with Crippen LogP contribution >= 0.6 is 11.8 Å². The molecule has 138 valence electrons. The summed E-state index contributed by atoms with van der Waals surface area (Å²) in [6.07, 6.45) is 1.87. The van der Waals surface area contributed by atoms with E-state index in [-0.39, 0.29) is 5.91 Å². The van der Waals surface area contributed by atoms with Crippen LogP contribution in [0.2, 0.25) is 0 Å². The van der Waals surface area contributed by atoms with Crippen LogP contribution in [-0.4, -0.2) is 28.1 Å². The summed E-state index contributed by atoms with van der Waals surface area (Å²) in [5, 5.41) is 2.15. The van der Waals surface area contributed by atoms with E-state index in [1.807, 2.05) is 4.90 Å². The van der Waals surface area contributed by atoms with E-state index in [9.17, 15) is 4.79 Å². The van der Waals surface area contributed by atoms with Crippen molar-refractivity contribution in [3.8, 4) is 0 Å². The molecular formula is C23H24N2OS. The van der Waals surface area contributed by atoms with Crippen molar-refractivity contribution in [1.29, 1.82) is 0 Å². The molecule has 0 unspecified atom stereocenters. The van der Waals surface area contributed by atoms with E-state index in [0.29, 0.717) is 5.75 Å². The van der Waals surface area contributed by atoms with Crippen molar-refractivity contribution in [2.24, 2.45) is 0 Å². The minimum atomic E-state index is 0.197. The zero-order valence-electron chi connectivity index (χ0n) is 15.9. The molecule has 0 N–H and O–H groups in total. The minimum absolute atomic E-state index is 0.197. The molecule has 0 saturated carbocycles. The summed E-state index contributed by atoms with van der Waals surface area (Å²) < 4.78 is 0. The monoisotopic (exact) mass is 376 g/mol. The van der Waals surface area contributed by atoms with Gasteiger partial charge in [-0.2, -0.15) is 0 Å². The number of aryl methyl sites for hydroxylation is 2. The van der Waals surface area contributed by atoms with Crippen molar-refractivity contribution in [2.45, 2.75) is 38.3 Å². The summed E-state index contributed by atoms with van der Waals surface area (Å²) in [5.74, 6) is 0.641. The topological polar surface area (TPSA) is 33.2 Å². The van der Waals surface area contributed by atoms with E-state index in [1.165, 1.54) is 27.6 Å². The first kappa shape index (κ1) is 18.1. The summed E-state index contributed by atoms with van der Waals surface area (Å²) in [4.78, 5) is 19.6. The van der Waals surface area contributed by atoms with Gasteiger partial charge in [-0.25, -0.2) is 4.98 Å². The number of pyridine rings is 1. The Kier molecular flexibility index (Phi) is 5.17. The molecule has 1 amide bonds. The Bertz CT molecular complexity index is 999. The predicted octanol–water partition coefficient (Wildman–Crippen LogP) is 4.78. The summed E-state index contributed by atoms with van der Waals surface area (Å²) in [6.45, 7) is 5.76. The lowest BCUT2D eigenvalue weighted by atomic mass is 10.00. The molecule has 3 nitrogen and oxygen atoms in total. The fraction of sp³-hybridized carbons (Fsp3) is 0.304. The number of thioether (sulfide) groups is 1. The molecule has 4 heteroatoms. The second kappa shape index (κ2) is 7.73. The van der Waals surface area contributed by atoms with Gasteiger partial charge in [0.25, 0.3) is 0 Å². The van der Waals surface area contributed by atoms with Gasteiger partial charge in [-0.05, 0) is 54.2 Å². The van der Waals surface area contributed by atoms with Gasteiger partial charge < -0.3 is 4.90 Å². The fourth-order valence-corrected chi connectivity index (χ4v) is 4.61. The van der Waals surface area contributed by atoms with Crippen LogP contribution in [0.25, 0.3) is 10.9 Å². The second-order valence-corrected chi connectivity index (χ2v) is 8.09. The molecule has 1 aliphatic rings. The standard InChI is InChI=1S/C23H24N2OS/c1-3-17-13-19-9-8-16(2)12-21(19)24-23(17)27-15-22(26)25-11-10-18-6-4-5-7-20(18)14-25/h4-9,12-13H,3,10-11,14-15H2,1-2H3. The number of aromatic nitrogens is 1. The Balaban J connectivity index is 1.49. The summed E-state index contributed by atoms with van der Waals surface area (Å²) in [6, 6.07) is 17.0. The highest BCUT2D eigenvalue weighted by atomic mass is 32.2. The Morgan fingerprint density at radius 3 is 2.78 bits per heavy atom. The molecule has 0 atom stereocenters. The maximum absolute atomic E-state index is 12.8. The number of hydrogen-bond donors (Lipinski definition) is 0. The lowest BCUT2D eigenvalue weighted by Gasteiger charge is -2.28. The average molecular weight is 377 g/mol. The molecule has 0 spiro atoms. The van der Waals surface area contributed by atoms with Crippen molar-refractivity contribution in [2.75, 3.05) is 12.3 Å². The number of benzene rings is 2. The molecular weight excluding hydrogens is 352 g/mol. The van der Waals surface area contributed by atoms with Crippen LogP contribution in [0.3, 0.4) is 0 Å². The van der Waals surface area contributed by atoms with Gasteiger partial charge in [-0.1, -0.05) is 55.1 Å². The SMILES string of the molecule is CCc1cc2ccc(C)cc2nc1SCC(=O)N1CCc2ccccc2C1. The summed E-state index contributed by atoms with van der Waals surface area (Å²) >= 11 is 1.57. The van der Waals surface area contributed by atoms with E-state index in [2.05, 4.69) is 62.4 Å². The highest BCUT2D eigenvalue weighted by molar-refractivity contribution is 7.99. The number of fused-ring (bicyclic) bond motifs is 2. The average Bonchev–Trinajstić information content (AvgIpc) is 2.70. The third kappa shape index (κ3) is 3.86. The van der Waals surface area contributed by atoms with Crippen molar-refractivity contribution in [1.82, 2.24) is 9.88 Å². The van der Waals surface area contributed by atoms with Crippen LogP contribution in [0, 0.1) is 6.92 Å². The minimum Gasteiger partial charge on any atom is -0.337 e. The highest BCUT2D eigenvalue weighted by Crippen LogP contribution is 2.27. The van der Waals surface area contributed by atoms with E-state index in [4.69, 9.17) is 4.98 Å². The molecule has 4 rings (SSSR count). The normalized spacial score (nSPS) is 13.6. The zero-order valence-corrected chi connectivity index (χ0v) is 16.7. The lowest BCUT2D eigenvalue weighted by Crippen LogP contribution is -2.37. The molecule has 1 aromatic heterocycles. The molecule has 2 heterocycles. The van der Waals surface area contributed by atoms with Gasteiger partial charge in [0.2, 0.25) is 5.91 Å². The number of rotatable bonds is 4. The van der Waals surface area contributed by atoms with Crippen molar-refractivity contribution in [3.63, 3.8) is 0 Å². The zero-order chi connectivity index (χ0) is 18.8. The van der Waals surface area contributed by atoms with Crippen molar-refractivity contribution >= 4 is 28.6 Å². The summed E-state index contributed by atoms with van der Waals surface area (Å²) in [7, 11) is 0. The van der Waals surface area contributed by atoms with E-state index >= 15 is 0 Å². The van der Waals surface area contributed by atoms with Gasteiger partial charge in [0.15, 0.2) is 0 Å². The smallest absolute Gasteiger partial charge is 0.233 e. The predicted molar refractivity (Wildman–Crippen MR) is 112 cm³/mol. The number of carbonyl (C=O) groups is 1. The number of amides is 1. The number of hydrogen-bond acceptors (Lipinski definition) is 3. The van der Waals surface area contributed by atoms with Crippen LogP contribution in [-0.2, 0) is 24.2 Å². The third-order valence-corrected chi connectivity index (χ3v) is 6.23. The van der Waals surface area contributed by atoms with E-state index in [0.717, 1.165) is 36.5 Å². The van der Waals surface area contributed by atoms with Crippen LogP contribution in [0.1, 0.15) is 29.2 Å². The van der Waals surface area contributed by atoms with Gasteiger partial charge in [0.05, 0.1) is 11.3 Å². The van der Waals surface area contributed by atoms with Crippen LogP contribution < -0.4 is 0 Å². The van der Waals surface area contributed by atoms with E-state index < -0.39 is 0 Å². The third-order valence-electron chi connectivity index (χ3n) is 5.21. The summed E-state index contributed by atoms with van der Waals surface area (Å²) in [5.41, 5.74) is 6.07. The van der Waals surface area contributed by atoms with Crippen LogP contribution in [0.4, 0.5) is 0 Å². The Morgan fingerprint density at radius 2 is 1.96 bits per heavy atom. The maximum Gasteiger partial charge on any atom is 0.233 e. The van der Waals surface area contributed by atoms with Gasteiger partial charge >= 0.3 is 0 Å². The maximum atomic E-state index is 12.8. The molecule has 27 heavy (non-hydrogen) atoms. The molecule has 1 aliphatic heterocycles. The van der Waals surface area contributed by atoms with Crippen LogP contribution in [0.5, 0.6) is 0 Å². The van der Waals surface area contributed by atoms with Gasteiger partial charge in [0.1, 0.15) is 5.03 Å². The fourth-order valence-electron chi connectivity index (χ4n) is 3.61. The van der Waals surface area contributed by atoms with Crippen molar-refractivity contribution < 1.29 is 4.79 Å². The second-order valence-electron chi connectivity index (χ2n) is 7.13. The molecule has 0 radical (unpaired) electrons. The molecule has 0 saturated heterocycles. The first-order valence-corrected chi connectivity index (χ1v) is 10.5. The van der Waals surface area contributed by atoms with Gasteiger partial charge in [-0.15, -0.1) is 0 Å². The first-order chi connectivity index (χ1) is 13.1. The van der Waals surface area contributed by atoms with Gasteiger partial charge in [0, 0.05) is 18.5 Å². The number of carbonyl (C=O) groups excluding carboxylic acids is 1. The number of nitrogens with zero attached hydrogens (tertiary/aromatic N) is 2. The molecule has 3 aromatic rings. The van der Waals surface area contributed by atoms with Crippen molar-refractivity contribution in [3.05, 3.63) is 70.8 Å². The quantitative estimate of drug-likeness (QED) is 0.614. The Hall–Kier alpha value is -2.33. The van der Waals surface area contributed by atoms with Crippen LogP contribution in [0.15, 0.2) is 53.6 Å². The largest absolute Gasteiger partial charge is 0.337 e. The molecule has 0 fully saturated rings. The molecule has 2 aromatic carbocycles. The highest BCUT2D eigenvalue weighted by Gasteiger charge is 2.21. The Morgan fingerprint density at radius 1 is 1.15 bits per heavy atom.